The molecule has 3 heteroatoms. The average Bonchev–Trinajstić information content (AvgIpc) is 2.37. The number of ether oxygens (including phenoxy) is 1. The predicted octanol–water partition coefficient (Wildman–Crippen LogP) is 2.97. The number of hydrogen-bond acceptors (Lipinski definition) is 3. The molecule has 1 atom stereocenters. The molecule has 0 aliphatic carbocycles. The number of aromatic nitrogens is 1. The molecule has 0 radical (unpaired) electrons. The molecule has 100 valence electrons. The molecule has 1 N–H and O–H groups in total. The van der Waals surface area contributed by atoms with Gasteiger partial charge in [-0.3, -0.25) is 0 Å². The second-order valence-electron chi connectivity index (χ2n) is 4.66. The van der Waals surface area contributed by atoms with E-state index in [9.17, 15) is 0 Å². The van der Waals surface area contributed by atoms with E-state index in [4.69, 9.17) is 4.74 Å². The fourth-order valence-corrected chi connectivity index (χ4v) is 1.92. The van der Waals surface area contributed by atoms with Crippen molar-refractivity contribution in [1.82, 2.24) is 10.3 Å². The molecular weight excluding hydrogens is 224 g/mol. The van der Waals surface area contributed by atoms with Crippen LogP contribution in [0, 0.1) is 0 Å². The van der Waals surface area contributed by atoms with Crippen molar-refractivity contribution in [2.24, 2.45) is 0 Å². The maximum atomic E-state index is 5.06. The quantitative estimate of drug-likeness (QED) is 0.718. The van der Waals surface area contributed by atoms with Crippen LogP contribution in [0.15, 0.2) is 30.5 Å². The lowest BCUT2D eigenvalue weighted by molar-refractivity contribution is 0.397. The minimum atomic E-state index is 0.488. The minimum Gasteiger partial charge on any atom is -0.481 e. The highest BCUT2D eigenvalue weighted by Crippen LogP contribution is 2.12. The molecular formula is C15H24N2O. The minimum absolute atomic E-state index is 0.488. The number of hydrogen-bond donors (Lipinski definition) is 1. The van der Waals surface area contributed by atoms with Gasteiger partial charge in [-0.2, -0.15) is 0 Å². The van der Waals surface area contributed by atoms with Gasteiger partial charge >= 0.3 is 0 Å². The Balaban J connectivity index is 2.55. The van der Waals surface area contributed by atoms with Crippen LogP contribution in [0.4, 0.5) is 0 Å². The van der Waals surface area contributed by atoms with Crippen LogP contribution in [-0.2, 0) is 6.42 Å². The molecule has 0 aliphatic heterocycles. The molecule has 0 saturated carbocycles. The monoisotopic (exact) mass is 248 g/mol. The number of nitrogens with zero attached hydrogens (tertiary/aromatic N) is 1. The summed E-state index contributed by atoms with van der Waals surface area (Å²) in [5.41, 5.74) is 2.48. The van der Waals surface area contributed by atoms with Crippen LogP contribution in [0.3, 0.4) is 0 Å². The third kappa shape index (κ3) is 5.32. The fourth-order valence-electron chi connectivity index (χ4n) is 1.92. The Bertz CT molecular complexity index is 359. The van der Waals surface area contributed by atoms with Crippen molar-refractivity contribution in [1.29, 1.82) is 0 Å². The Morgan fingerprint density at radius 2 is 2.28 bits per heavy atom. The summed E-state index contributed by atoms with van der Waals surface area (Å²) in [4.78, 5) is 4.24. The standard InChI is InChI=1S/C15H24N2O/c1-5-16-14(8-6-12(2)3)10-13-7-9-15(18-4)17-11-13/h7,9,11,14,16H,2,5-6,8,10H2,1,3-4H3. The highest BCUT2D eigenvalue weighted by Gasteiger charge is 2.08. The molecule has 0 amide bonds. The lowest BCUT2D eigenvalue weighted by Gasteiger charge is -2.18. The molecule has 0 aromatic carbocycles. The van der Waals surface area contributed by atoms with E-state index in [-0.39, 0.29) is 0 Å². The van der Waals surface area contributed by atoms with Gasteiger partial charge in [0.25, 0.3) is 0 Å². The van der Waals surface area contributed by atoms with E-state index >= 15 is 0 Å². The number of pyridine rings is 1. The van der Waals surface area contributed by atoms with Crippen LogP contribution in [0.2, 0.25) is 0 Å². The zero-order valence-corrected chi connectivity index (χ0v) is 11.7. The molecule has 1 aromatic rings. The zero-order valence-electron chi connectivity index (χ0n) is 11.7. The Morgan fingerprint density at radius 1 is 1.50 bits per heavy atom. The van der Waals surface area contributed by atoms with Crippen LogP contribution in [-0.4, -0.2) is 24.7 Å². The van der Waals surface area contributed by atoms with E-state index in [1.54, 1.807) is 7.11 Å². The first kappa shape index (κ1) is 14.7. The summed E-state index contributed by atoms with van der Waals surface area (Å²) in [6.07, 6.45) is 5.08. The smallest absolute Gasteiger partial charge is 0.212 e. The zero-order chi connectivity index (χ0) is 13.4. The van der Waals surface area contributed by atoms with Gasteiger partial charge in [-0.15, -0.1) is 6.58 Å². The summed E-state index contributed by atoms with van der Waals surface area (Å²) in [6.45, 7) is 9.17. The van der Waals surface area contributed by atoms with Crippen LogP contribution >= 0.6 is 0 Å². The summed E-state index contributed by atoms with van der Waals surface area (Å²) in [6, 6.07) is 4.48. The van der Waals surface area contributed by atoms with Gasteiger partial charge < -0.3 is 10.1 Å². The number of allylic oxidation sites excluding steroid dienone is 1. The first-order valence-electron chi connectivity index (χ1n) is 6.52. The van der Waals surface area contributed by atoms with Crippen molar-refractivity contribution < 1.29 is 4.74 Å². The number of likely N-dealkylation sites (N-methyl/N-ethyl adjacent to an activating group) is 1. The highest BCUT2D eigenvalue weighted by molar-refractivity contribution is 5.18. The largest absolute Gasteiger partial charge is 0.481 e. The molecule has 1 heterocycles. The van der Waals surface area contributed by atoms with Crippen molar-refractivity contribution in [2.45, 2.75) is 39.2 Å². The second kappa shape index (κ2) is 7.88. The average molecular weight is 248 g/mol. The molecule has 1 unspecified atom stereocenters. The Hall–Kier alpha value is -1.35. The summed E-state index contributed by atoms with van der Waals surface area (Å²) in [7, 11) is 1.64. The maximum Gasteiger partial charge on any atom is 0.212 e. The van der Waals surface area contributed by atoms with E-state index in [2.05, 4.69) is 36.8 Å². The Morgan fingerprint density at radius 3 is 2.78 bits per heavy atom. The number of methoxy groups -OCH3 is 1. The van der Waals surface area contributed by atoms with Gasteiger partial charge in [0, 0.05) is 18.3 Å². The van der Waals surface area contributed by atoms with Gasteiger partial charge in [0.1, 0.15) is 0 Å². The third-order valence-electron chi connectivity index (χ3n) is 2.90. The van der Waals surface area contributed by atoms with Gasteiger partial charge in [-0.05, 0) is 38.3 Å². The van der Waals surface area contributed by atoms with Gasteiger partial charge in [0.05, 0.1) is 7.11 Å². The summed E-state index contributed by atoms with van der Waals surface area (Å²) >= 11 is 0. The molecule has 3 nitrogen and oxygen atoms in total. The first-order valence-corrected chi connectivity index (χ1v) is 6.52. The van der Waals surface area contributed by atoms with E-state index in [1.807, 2.05) is 12.3 Å². The summed E-state index contributed by atoms with van der Waals surface area (Å²) < 4.78 is 5.06. The molecule has 0 spiro atoms. The molecule has 0 saturated heterocycles. The van der Waals surface area contributed by atoms with Crippen LogP contribution in [0.5, 0.6) is 5.88 Å². The van der Waals surface area contributed by atoms with Crippen LogP contribution in [0.25, 0.3) is 0 Å². The highest BCUT2D eigenvalue weighted by atomic mass is 16.5. The van der Waals surface area contributed by atoms with Crippen molar-refractivity contribution in [3.8, 4) is 5.88 Å². The molecule has 0 fully saturated rings. The van der Waals surface area contributed by atoms with Crippen LogP contribution in [0.1, 0.15) is 32.3 Å². The normalized spacial score (nSPS) is 12.2. The predicted molar refractivity (Wildman–Crippen MR) is 76.0 cm³/mol. The third-order valence-corrected chi connectivity index (χ3v) is 2.90. The molecule has 1 aromatic heterocycles. The molecule has 0 aliphatic rings. The lowest BCUT2D eigenvalue weighted by atomic mass is 10.0. The second-order valence-corrected chi connectivity index (χ2v) is 4.66. The van der Waals surface area contributed by atoms with Gasteiger partial charge in [-0.25, -0.2) is 4.98 Å². The molecule has 18 heavy (non-hydrogen) atoms. The van der Waals surface area contributed by atoms with E-state index in [0.717, 1.165) is 25.8 Å². The van der Waals surface area contributed by atoms with E-state index in [0.29, 0.717) is 11.9 Å². The van der Waals surface area contributed by atoms with Crippen molar-refractivity contribution in [3.63, 3.8) is 0 Å². The van der Waals surface area contributed by atoms with E-state index < -0.39 is 0 Å². The van der Waals surface area contributed by atoms with Gasteiger partial charge in [-0.1, -0.05) is 18.6 Å². The van der Waals surface area contributed by atoms with Crippen molar-refractivity contribution in [2.75, 3.05) is 13.7 Å². The molecule has 1 rings (SSSR count). The van der Waals surface area contributed by atoms with Crippen LogP contribution < -0.4 is 10.1 Å². The summed E-state index contributed by atoms with van der Waals surface area (Å²) in [5, 5.41) is 3.51. The maximum absolute atomic E-state index is 5.06. The lowest BCUT2D eigenvalue weighted by Crippen LogP contribution is -2.31. The van der Waals surface area contributed by atoms with Gasteiger partial charge in [0.2, 0.25) is 5.88 Å². The topological polar surface area (TPSA) is 34.1 Å². The summed E-state index contributed by atoms with van der Waals surface area (Å²) in [5.74, 6) is 0.667. The Kier molecular flexibility index (Phi) is 6.44. The SMILES string of the molecule is C=C(C)CCC(Cc1ccc(OC)nc1)NCC. The fraction of sp³-hybridized carbons (Fsp3) is 0.533. The number of rotatable bonds is 8. The van der Waals surface area contributed by atoms with E-state index in [1.165, 1.54) is 11.1 Å². The van der Waals surface area contributed by atoms with Gasteiger partial charge in [0.15, 0.2) is 0 Å². The Labute approximate surface area is 110 Å². The molecule has 0 bridgehead atoms. The first-order chi connectivity index (χ1) is 8.65. The van der Waals surface area contributed by atoms with Crippen molar-refractivity contribution >= 4 is 0 Å². The number of nitrogens with one attached hydrogen (secondary N) is 1. The van der Waals surface area contributed by atoms with Crippen molar-refractivity contribution in [3.05, 3.63) is 36.0 Å².